The van der Waals surface area contributed by atoms with Gasteiger partial charge < -0.3 is 9.47 Å². The van der Waals surface area contributed by atoms with Gasteiger partial charge in [0.15, 0.2) is 17.3 Å². The molecule has 0 bridgehead atoms. The summed E-state index contributed by atoms with van der Waals surface area (Å²) >= 11 is 6.02. The Labute approximate surface area is 116 Å². The molecule has 0 aliphatic carbocycles. The van der Waals surface area contributed by atoms with Crippen LogP contribution in [0.15, 0.2) is 24.3 Å². The first-order valence-electron chi connectivity index (χ1n) is 6.20. The van der Waals surface area contributed by atoms with Crippen molar-refractivity contribution in [1.29, 1.82) is 0 Å². The van der Waals surface area contributed by atoms with E-state index in [2.05, 4.69) is 9.97 Å². The Hall–Kier alpha value is -1.81. The van der Waals surface area contributed by atoms with Gasteiger partial charge in [-0.3, -0.25) is 0 Å². The minimum atomic E-state index is 0.455. The Morgan fingerprint density at radius 1 is 1.11 bits per heavy atom. The van der Waals surface area contributed by atoms with Crippen molar-refractivity contribution in [2.75, 3.05) is 13.2 Å². The summed E-state index contributed by atoms with van der Waals surface area (Å²) in [5.41, 5.74) is 1.80. The summed E-state index contributed by atoms with van der Waals surface area (Å²) < 4.78 is 11.0. The number of benzene rings is 1. The van der Waals surface area contributed by atoms with Gasteiger partial charge in [0.1, 0.15) is 18.4 Å². The van der Waals surface area contributed by atoms with Crippen molar-refractivity contribution in [2.24, 2.45) is 0 Å². The average Bonchev–Trinajstić information content (AvgIpc) is 2.46. The number of nitrogens with zero attached hydrogens (tertiary/aromatic N) is 2. The molecule has 0 radical (unpaired) electrons. The Morgan fingerprint density at radius 2 is 1.89 bits per heavy atom. The lowest BCUT2D eigenvalue weighted by atomic mass is 10.1. The minimum Gasteiger partial charge on any atom is -0.486 e. The SMILES string of the molecule is CCc1cc(Cl)nc(-c2ccc3c(c2)OCCO3)n1. The van der Waals surface area contributed by atoms with Crippen molar-refractivity contribution in [3.8, 4) is 22.9 Å². The molecule has 0 spiro atoms. The first-order valence-corrected chi connectivity index (χ1v) is 6.57. The highest BCUT2D eigenvalue weighted by molar-refractivity contribution is 6.29. The van der Waals surface area contributed by atoms with E-state index in [0.717, 1.165) is 29.2 Å². The zero-order valence-electron chi connectivity index (χ0n) is 10.5. The molecule has 1 aromatic carbocycles. The number of aromatic nitrogens is 2. The minimum absolute atomic E-state index is 0.455. The second kappa shape index (κ2) is 5.05. The summed E-state index contributed by atoms with van der Waals surface area (Å²) in [6.07, 6.45) is 0.819. The molecule has 0 fully saturated rings. The van der Waals surface area contributed by atoms with Gasteiger partial charge in [-0.25, -0.2) is 9.97 Å². The van der Waals surface area contributed by atoms with Gasteiger partial charge in [0.25, 0.3) is 0 Å². The highest BCUT2D eigenvalue weighted by Crippen LogP contribution is 2.33. The van der Waals surface area contributed by atoms with Gasteiger partial charge in [-0.2, -0.15) is 0 Å². The molecule has 4 nitrogen and oxygen atoms in total. The van der Waals surface area contributed by atoms with Crippen LogP contribution >= 0.6 is 11.6 Å². The maximum absolute atomic E-state index is 6.02. The number of halogens is 1. The molecule has 3 rings (SSSR count). The average molecular weight is 277 g/mol. The summed E-state index contributed by atoms with van der Waals surface area (Å²) in [5, 5.41) is 0.455. The Morgan fingerprint density at radius 3 is 2.68 bits per heavy atom. The lowest BCUT2D eigenvalue weighted by Gasteiger charge is -2.18. The predicted molar refractivity (Wildman–Crippen MR) is 72.8 cm³/mol. The van der Waals surface area contributed by atoms with E-state index in [-0.39, 0.29) is 0 Å². The maximum Gasteiger partial charge on any atom is 0.162 e. The van der Waals surface area contributed by atoms with Crippen LogP contribution in [0.25, 0.3) is 11.4 Å². The van der Waals surface area contributed by atoms with E-state index in [1.54, 1.807) is 6.07 Å². The van der Waals surface area contributed by atoms with E-state index in [4.69, 9.17) is 21.1 Å². The largest absolute Gasteiger partial charge is 0.486 e. The second-order valence-corrected chi connectivity index (χ2v) is 4.60. The highest BCUT2D eigenvalue weighted by Gasteiger charge is 2.14. The molecular weight excluding hydrogens is 264 g/mol. The van der Waals surface area contributed by atoms with Crippen LogP contribution in [0.5, 0.6) is 11.5 Å². The first kappa shape index (κ1) is 12.2. The lowest BCUT2D eigenvalue weighted by Crippen LogP contribution is -2.15. The van der Waals surface area contributed by atoms with Gasteiger partial charge >= 0.3 is 0 Å². The van der Waals surface area contributed by atoms with E-state index >= 15 is 0 Å². The molecule has 0 N–H and O–H groups in total. The van der Waals surface area contributed by atoms with E-state index in [1.165, 1.54) is 0 Å². The van der Waals surface area contributed by atoms with Crippen molar-refractivity contribution in [1.82, 2.24) is 9.97 Å². The van der Waals surface area contributed by atoms with E-state index in [9.17, 15) is 0 Å². The molecule has 19 heavy (non-hydrogen) atoms. The molecule has 98 valence electrons. The van der Waals surface area contributed by atoms with Gasteiger partial charge in [-0.05, 0) is 30.7 Å². The van der Waals surface area contributed by atoms with Crippen LogP contribution in [-0.2, 0) is 6.42 Å². The molecule has 2 aromatic rings. The summed E-state index contributed by atoms with van der Waals surface area (Å²) in [4.78, 5) is 8.74. The topological polar surface area (TPSA) is 44.2 Å². The van der Waals surface area contributed by atoms with Gasteiger partial charge in [0.2, 0.25) is 0 Å². The Bertz CT molecular complexity index is 616. The van der Waals surface area contributed by atoms with Crippen molar-refractivity contribution >= 4 is 11.6 Å². The van der Waals surface area contributed by atoms with Crippen LogP contribution in [0.3, 0.4) is 0 Å². The number of fused-ring (bicyclic) bond motifs is 1. The van der Waals surface area contributed by atoms with Crippen LogP contribution in [0, 0.1) is 0 Å². The van der Waals surface area contributed by atoms with Crippen LogP contribution in [0.4, 0.5) is 0 Å². The molecule has 0 amide bonds. The predicted octanol–water partition coefficient (Wildman–Crippen LogP) is 3.13. The first-order chi connectivity index (χ1) is 9.26. The van der Waals surface area contributed by atoms with E-state index < -0.39 is 0 Å². The van der Waals surface area contributed by atoms with Gasteiger partial charge in [-0.1, -0.05) is 18.5 Å². The number of ether oxygens (including phenoxy) is 2. The standard InChI is InChI=1S/C14H13ClN2O2/c1-2-10-8-13(15)17-14(16-10)9-3-4-11-12(7-9)19-6-5-18-11/h3-4,7-8H,2,5-6H2,1H3. The molecular formula is C14H13ClN2O2. The fourth-order valence-electron chi connectivity index (χ4n) is 1.96. The number of rotatable bonds is 2. The number of hydrogen-bond donors (Lipinski definition) is 0. The molecule has 5 heteroatoms. The zero-order valence-corrected chi connectivity index (χ0v) is 11.3. The second-order valence-electron chi connectivity index (χ2n) is 4.22. The number of aryl methyl sites for hydroxylation is 1. The molecule has 1 aromatic heterocycles. The molecule has 1 aliphatic rings. The number of hydrogen-bond acceptors (Lipinski definition) is 4. The Kier molecular flexibility index (Phi) is 3.25. The van der Waals surface area contributed by atoms with Crippen LogP contribution in [-0.4, -0.2) is 23.2 Å². The fourth-order valence-corrected chi connectivity index (χ4v) is 2.16. The highest BCUT2D eigenvalue weighted by atomic mass is 35.5. The fraction of sp³-hybridized carbons (Fsp3) is 0.286. The quantitative estimate of drug-likeness (QED) is 0.791. The maximum atomic E-state index is 6.02. The van der Waals surface area contributed by atoms with Crippen LogP contribution < -0.4 is 9.47 Å². The van der Waals surface area contributed by atoms with Crippen LogP contribution in [0.1, 0.15) is 12.6 Å². The monoisotopic (exact) mass is 276 g/mol. The molecule has 0 saturated heterocycles. The molecule has 0 unspecified atom stereocenters. The summed E-state index contributed by atoms with van der Waals surface area (Å²) in [5.74, 6) is 2.10. The van der Waals surface area contributed by atoms with E-state index in [0.29, 0.717) is 24.2 Å². The third-order valence-corrected chi connectivity index (χ3v) is 3.10. The van der Waals surface area contributed by atoms with Crippen molar-refractivity contribution in [3.05, 3.63) is 35.1 Å². The third-order valence-electron chi connectivity index (χ3n) is 2.91. The zero-order chi connectivity index (χ0) is 13.2. The van der Waals surface area contributed by atoms with Crippen molar-refractivity contribution in [3.63, 3.8) is 0 Å². The van der Waals surface area contributed by atoms with Crippen molar-refractivity contribution in [2.45, 2.75) is 13.3 Å². The van der Waals surface area contributed by atoms with E-state index in [1.807, 2.05) is 25.1 Å². The van der Waals surface area contributed by atoms with Crippen molar-refractivity contribution < 1.29 is 9.47 Å². The molecule has 2 heterocycles. The van der Waals surface area contributed by atoms with Gasteiger partial charge in [0, 0.05) is 11.3 Å². The summed E-state index contributed by atoms with van der Waals surface area (Å²) in [6, 6.07) is 7.46. The molecule has 0 atom stereocenters. The van der Waals surface area contributed by atoms with Crippen LogP contribution in [0.2, 0.25) is 5.15 Å². The normalized spacial score (nSPS) is 13.4. The molecule has 0 saturated carbocycles. The Balaban J connectivity index is 2.04. The van der Waals surface area contributed by atoms with Gasteiger partial charge in [-0.15, -0.1) is 0 Å². The smallest absolute Gasteiger partial charge is 0.162 e. The summed E-state index contributed by atoms with van der Waals surface area (Å²) in [6.45, 7) is 3.18. The molecule has 1 aliphatic heterocycles. The third kappa shape index (κ3) is 2.49. The summed E-state index contributed by atoms with van der Waals surface area (Å²) in [7, 11) is 0. The van der Waals surface area contributed by atoms with Gasteiger partial charge in [0.05, 0.1) is 0 Å². The lowest BCUT2D eigenvalue weighted by molar-refractivity contribution is 0.171.